The van der Waals surface area contributed by atoms with Gasteiger partial charge in [0.15, 0.2) is 0 Å². The largest absolute Gasteiger partial charge is 0.341 e. The third kappa shape index (κ3) is 4.55. The molecule has 4 nitrogen and oxygen atoms in total. The van der Waals surface area contributed by atoms with Gasteiger partial charge in [0, 0.05) is 36.3 Å². The summed E-state index contributed by atoms with van der Waals surface area (Å²) in [5.74, 6) is 4.67. The fourth-order valence-electron chi connectivity index (χ4n) is 2.76. The Morgan fingerprint density at radius 2 is 1.95 bits per heavy atom. The Morgan fingerprint density at radius 3 is 2.65 bits per heavy atom. The van der Waals surface area contributed by atoms with Crippen LogP contribution in [0.25, 0.3) is 0 Å². The number of nitrogens with zero attached hydrogens (tertiary/aromatic N) is 2. The maximum Gasteiger partial charge on any atom is 0.239 e. The van der Waals surface area contributed by atoms with Gasteiger partial charge in [-0.3, -0.25) is 9.69 Å². The molecule has 116 valence electrons. The number of likely N-dealkylation sites (N-methyl/N-ethyl adjacent to an activating group) is 1. The number of nitrogens with one attached hydrogen (secondary N) is 1. The zero-order valence-electron chi connectivity index (χ0n) is 12.6. The number of carbonyl (C=O) groups excluding carboxylic acids is 1. The fraction of sp³-hybridized carbons (Fsp3) is 0.929. The third-order valence-corrected chi connectivity index (χ3v) is 6.50. The lowest BCUT2D eigenvalue weighted by Gasteiger charge is -2.33. The Bertz CT molecular complexity index is 273. The number of rotatable bonds is 3. The molecule has 0 bridgehead atoms. The Labute approximate surface area is 131 Å². The van der Waals surface area contributed by atoms with Crippen molar-refractivity contribution in [1.29, 1.82) is 0 Å². The molecular weight excluding hydrogens is 290 g/mol. The maximum absolute atomic E-state index is 12.7. The van der Waals surface area contributed by atoms with E-state index >= 15 is 0 Å². The highest BCUT2D eigenvalue weighted by Crippen LogP contribution is 2.21. The van der Waals surface area contributed by atoms with Crippen LogP contribution in [-0.2, 0) is 4.79 Å². The van der Waals surface area contributed by atoms with E-state index in [9.17, 15) is 4.79 Å². The van der Waals surface area contributed by atoms with Crippen LogP contribution in [0.4, 0.5) is 0 Å². The summed E-state index contributed by atoms with van der Waals surface area (Å²) in [5, 5.41) is 3.42. The summed E-state index contributed by atoms with van der Waals surface area (Å²) in [7, 11) is 1.99. The van der Waals surface area contributed by atoms with Crippen LogP contribution in [-0.4, -0.2) is 71.2 Å². The average Bonchev–Trinajstić information content (AvgIpc) is 2.89. The second-order valence-electron chi connectivity index (χ2n) is 5.62. The minimum absolute atomic E-state index is 0.00862. The lowest BCUT2D eigenvalue weighted by atomic mass is 10.1. The first-order valence-electron chi connectivity index (χ1n) is 7.57. The van der Waals surface area contributed by atoms with Crippen LogP contribution in [0, 0.1) is 0 Å². The number of thioether (sulfide) groups is 2. The van der Waals surface area contributed by atoms with E-state index in [1.807, 2.05) is 35.5 Å². The van der Waals surface area contributed by atoms with E-state index in [-0.39, 0.29) is 6.04 Å². The van der Waals surface area contributed by atoms with Crippen molar-refractivity contribution in [2.24, 2.45) is 0 Å². The molecule has 1 N–H and O–H groups in total. The number of hydrogen-bond donors (Lipinski definition) is 1. The van der Waals surface area contributed by atoms with Crippen molar-refractivity contribution in [3.05, 3.63) is 0 Å². The van der Waals surface area contributed by atoms with Crippen molar-refractivity contribution in [2.75, 3.05) is 43.4 Å². The minimum atomic E-state index is 0.00862. The second-order valence-corrected chi connectivity index (χ2v) is 7.77. The van der Waals surface area contributed by atoms with Gasteiger partial charge in [-0.15, -0.1) is 23.5 Å². The van der Waals surface area contributed by atoms with Gasteiger partial charge in [0.2, 0.25) is 5.91 Å². The standard InChI is InChI=1S/C14H27N3OS2/c1-12(17-10-19-8-9-20-11-17)14(18)16(2)13-4-3-6-15-7-5-13/h12-13,15H,3-11H2,1-2H3. The Hall–Kier alpha value is 0.0900. The van der Waals surface area contributed by atoms with E-state index in [0.29, 0.717) is 11.9 Å². The summed E-state index contributed by atoms with van der Waals surface area (Å²) >= 11 is 3.89. The predicted molar refractivity (Wildman–Crippen MR) is 89.2 cm³/mol. The van der Waals surface area contributed by atoms with Crippen molar-refractivity contribution >= 4 is 29.4 Å². The molecule has 2 unspecified atom stereocenters. The molecule has 0 radical (unpaired) electrons. The third-order valence-electron chi connectivity index (χ3n) is 4.23. The van der Waals surface area contributed by atoms with E-state index in [0.717, 1.165) is 37.7 Å². The lowest BCUT2D eigenvalue weighted by Crippen LogP contribution is -2.49. The quantitative estimate of drug-likeness (QED) is 0.857. The summed E-state index contributed by atoms with van der Waals surface area (Å²) in [6.45, 7) is 4.19. The average molecular weight is 318 g/mol. The van der Waals surface area contributed by atoms with Gasteiger partial charge in [-0.25, -0.2) is 0 Å². The Kier molecular flexibility index (Phi) is 7.01. The SMILES string of the molecule is CC(C(=O)N(C)C1CCCNCC1)N1CSCCSC1. The molecule has 0 spiro atoms. The van der Waals surface area contributed by atoms with Crippen LogP contribution in [0.2, 0.25) is 0 Å². The van der Waals surface area contributed by atoms with Gasteiger partial charge in [-0.2, -0.15) is 0 Å². The molecule has 2 aliphatic rings. The van der Waals surface area contributed by atoms with Gasteiger partial charge in [0.05, 0.1) is 6.04 Å². The molecule has 2 rings (SSSR count). The summed E-state index contributed by atoms with van der Waals surface area (Å²) in [4.78, 5) is 17.0. The summed E-state index contributed by atoms with van der Waals surface area (Å²) in [6.07, 6.45) is 3.38. The molecule has 1 amide bonds. The number of hydrogen-bond acceptors (Lipinski definition) is 5. The molecule has 6 heteroatoms. The highest BCUT2D eigenvalue weighted by molar-refractivity contribution is 8.03. The van der Waals surface area contributed by atoms with Crippen molar-refractivity contribution < 1.29 is 4.79 Å². The number of carbonyl (C=O) groups is 1. The van der Waals surface area contributed by atoms with E-state index in [1.54, 1.807) is 0 Å². The van der Waals surface area contributed by atoms with Gasteiger partial charge in [0.25, 0.3) is 0 Å². The van der Waals surface area contributed by atoms with Gasteiger partial charge >= 0.3 is 0 Å². The molecule has 0 aromatic carbocycles. The molecule has 0 aromatic rings. The topological polar surface area (TPSA) is 35.6 Å². The first kappa shape index (κ1) is 16.5. The molecule has 0 aromatic heterocycles. The summed E-state index contributed by atoms with van der Waals surface area (Å²) < 4.78 is 0. The molecule has 2 atom stereocenters. The second kappa shape index (κ2) is 8.51. The predicted octanol–water partition coefficient (Wildman–Crippen LogP) is 1.67. The van der Waals surface area contributed by atoms with Crippen molar-refractivity contribution in [2.45, 2.75) is 38.3 Å². The molecular formula is C14H27N3OS2. The summed E-state index contributed by atoms with van der Waals surface area (Å²) in [6, 6.07) is 0.418. The molecule has 2 saturated heterocycles. The van der Waals surface area contributed by atoms with Crippen LogP contribution in [0.5, 0.6) is 0 Å². The van der Waals surface area contributed by atoms with Crippen LogP contribution in [0.3, 0.4) is 0 Å². The zero-order valence-corrected chi connectivity index (χ0v) is 14.3. The smallest absolute Gasteiger partial charge is 0.239 e. The molecule has 2 aliphatic heterocycles. The number of amides is 1. The van der Waals surface area contributed by atoms with Crippen molar-refractivity contribution in [3.8, 4) is 0 Å². The van der Waals surface area contributed by atoms with Crippen molar-refractivity contribution in [3.63, 3.8) is 0 Å². The van der Waals surface area contributed by atoms with Crippen LogP contribution in [0.15, 0.2) is 0 Å². The van der Waals surface area contributed by atoms with Crippen LogP contribution < -0.4 is 5.32 Å². The van der Waals surface area contributed by atoms with Gasteiger partial charge < -0.3 is 10.2 Å². The highest BCUT2D eigenvalue weighted by atomic mass is 32.2. The monoisotopic (exact) mass is 317 g/mol. The Morgan fingerprint density at radius 1 is 1.25 bits per heavy atom. The lowest BCUT2D eigenvalue weighted by molar-refractivity contribution is -0.136. The molecule has 2 heterocycles. The van der Waals surface area contributed by atoms with E-state index in [4.69, 9.17) is 0 Å². The Balaban J connectivity index is 1.90. The maximum atomic E-state index is 12.7. The van der Waals surface area contributed by atoms with Crippen LogP contribution >= 0.6 is 23.5 Å². The molecule has 0 aliphatic carbocycles. The minimum Gasteiger partial charge on any atom is -0.341 e. The van der Waals surface area contributed by atoms with Crippen LogP contribution in [0.1, 0.15) is 26.2 Å². The van der Waals surface area contributed by atoms with Gasteiger partial charge in [0.1, 0.15) is 0 Å². The first-order chi connectivity index (χ1) is 9.70. The fourth-order valence-corrected chi connectivity index (χ4v) is 5.18. The summed E-state index contributed by atoms with van der Waals surface area (Å²) in [5.41, 5.74) is 0. The van der Waals surface area contributed by atoms with E-state index < -0.39 is 0 Å². The molecule has 2 fully saturated rings. The highest BCUT2D eigenvalue weighted by Gasteiger charge is 2.28. The molecule has 0 saturated carbocycles. The first-order valence-corrected chi connectivity index (χ1v) is 9.88. The zero-order chi connectivity index (χ0) is 14.4. The van der Waals surface area contributed by atoms with Gasteiger partial charge in [-0.1, -0.05) is 0 Å². The van der Waals surface area contributed by atoms with E-state index in [1.165, 1.54) is 17.9 Å². The van der Waals surface area contributed by atoms with Gasteiger partial charge in [-0.05, 0) is 39.3 Å². The van der Waals surface area contributed by atoms with Crippen molar-refractivity contribution in [1.82, 2.24) is 15.1 Å². The normalized spacial score (nSPS) is 27.4. The van der Waals surface area contributed by atoms with E-state index in [2.05, 4.69) is 17.1 Å². The molecule has 20 heavy (non-hydrogen) atoms.